The Morgan fingerprint density at radius 2 is 2.31 bits per heavy atom. The number of rotatable bonds is 4. The number of amides is 1. The molecule has 0 radical (unpaired) electrons. The molecule has 2 N–H and O–H groups in total. The smallest absolute Gasteiger partial charge is 0.287 e. The van der Waals surface area contributed by atoms with Crippen molar-refractivity contribution in [3.8, 4) is 0 Å². The number of carbonyl (C=O) groups excluding carboxylic acids is 1. The summed E-state index contributed by atoms with van der Waals surface area (Å²) in [6.45, 7) is -0.497. The van der Waals surface area contributed by atoms with Crippen molar-refractivity contribution < 1.29 is 18.7 Å². The average molecular weight is 233 g/mol. The zero-order valence-electron chi connectivity index (χ0n) is 9.00. The summed E-state index contributed by atoms with van der Waals surface area (Å²) in [7, 11) is 1.55. The number of alkyl halides is 2. The van der Waals surface area contributed by atoms with Crippen LogP contribution >= 0.6 is 0 Å². The van der Waals surface area contributed by atoms with E-state index in [-0.39, 0.29) is 5.69 Å². The highest BCUT2D eigenvalue weighted by molar-refractivity contribution is 5.92. The molecular weight excluding hydrogens is 220 g/mol. The number of nitrogens with one attached hydrogen (secondary N) is 1. The molecule has 0 fully saturated rings. The first-order chi connectivity index (χ1) is 7.35. The number of nitrogens with zero attached hydrogens (tertiary/aromatic N) is 2. The molecular formula is C9H13F2N3O2. The SMILES string of the molecule is Cc1cc(C(=O)NCC(F)(F)CO)n(C)n1. The van der Waals surface area contributed by atoms with Gasteiger partial charge < -0.3 is 10.4 Å². The third kappa shape index (κ3) is 2.99. The molecule has 0 aliphatic carbocycles. The normalized spacial score (nSPS) is 11.6. The molecule has 16 heavy (non-hydrogen) atoms. The van der Waals surface area contributed by atoms with Crippen molar-refractivity contribution in [3.63, 3.8) is 0 Å². The largest absolute Gasteiger partial charge is 0.390 e. The summed E-state index contributed by atoms with van der Waals surface area (Å²) in [5.74, 6) is -3.94. The van der Waals surface area contributed by atoms with E-state index >= 15 is 0 Å². The Bertz CT molecular complexity index is 390. The maximum atomic E-state index is 12.6. The van der Waals surface area contributed by atoms with Gasteiger partial charge in [0.05, 0.1) is 12.2 Å². The number of halogens is 2. The first-order valence-electron chi connectivity index (χ1n) is 4.63. The van der Waals surface area contributed by atoms with Crippen LogP contribution in [0.25, 0.3) is 0 Å². The lowest BCUT2D eigenvalue weighted by molar-refractivity contribution is -0.0462. The van der Waals surface area contributed by atoms with Crippen LogP contribution in [0.4, 0.5) is 8.78 Å². The first-order valence-corrected chi connectivity index (χ1v) is 4.63. The number of aliphatic hydroxyl groups is 1. The Balaban J connectivity index is 2.63. The summed E-state index contributed by atoms with van der Waals surface area (Å²) in [6.07, 6.45) is 0. The summed E-state index contributed by atoms with van der Waals surface area (Å²) in [5.41, 5.74) is 0.827. The van der Waals surface area contributed by atoms with E-state index in [0.29, 0.717) is 5.69 Å². The van der Waals surface area contributed by atoms with Crippen molar-refractivity contribution in [2.75, 3.05) is 13.2 Å². The lowest BCUT2D eigenvalue weighted by atomic mass is 10.3. The molecule has 90 valence electrons. The van der Waals surface area contributed by atoms with Crippen LogP contribution in [0, 0.1) is 6.92 Å². The summed E-state index contributed by atoms with van der Waals surface area (Å²) in [4.78, 5) is 11.5. The van der Waals surface area contributed by atoms with E-state index < -0.39 is 25.0 Å². The Morgan fingerprint density at radius 3 is 2.75 bits per heavy atom. The first kappa shape index (κ1) is 12.6. The molecule has 0 aromatic carbocycles. The van der Waals surface area contributed by atoms with Gasteiger partial charge in [0, 0.05) is 7.05 Å². The Morgan fingerprint density at radius 1 is 1.69 bits per heavy atom. The molecule has 1 amide bonds. The van der Waals surface area contributed by atoms with E-state index in [4.69, 9.17) is 5.11 Å². The molecule has 0 bridgehead atoms. The zero-order chi connectivity index (χ0) is 12.3. The highest BCUT2D eigenvalue weighted by Gasteiger charge is 2.28. The van der Waals surface area contributed by atoms with Crippen LogP contribution in [0.1, 0.15) is 16.2 Å². The van der Waals surface area contributed by atoms with Gasteiger partial charge in [-0.25, -0.2) is 8.78 Å². The molecule has 0 aliphatic heterocycles. The van der Waals surface area contributed by atoms with Crippen LogP contribution < -0.4 is 5.32 Å². The van der Waals surface area contributed by atoms with Crippen LogP contribution in [0.3, 0.4) is 0 Å². The molecule has 1 heterocycles. The van der Waals surface area contributed by atoms with Crippen LogP contribution in [0.5, 0.6) is 0 Å². The number of aliphatic hydroxyl groups excluding tert-OH is 1. The second-order valence-electron chi connectivity index (χ2n) is 3.49. The van der Waals surface area contributed by atoms with Crippen molar-refractivity contribution in [1.29, 1.82) is 0 Å². The zero-order valence-corrected chi connectivity index (χ0v) is 9.00. The summed E-state index contributed by atoms with van der Waals surface area (Å²) in [6, 6.07) is 1.49. The van der Waals surface area contributed by atoms with Crippen LogP contribution in [-0.4, -0.2) is 39.9 Å². The van der Waals surface area contributed by atoms with Crippen LogP contribution in [-0.2, 0) is 7.05 Å². The highest BCUT2D eigenvalue weighted by atomic mass is 19.3. The minimum Gasteiger partial charge on any atom is -0.390 e. The van der Waals surface area contributed by atoms with Crippen molar-refractivity contribution in [2.24, 2.45) is 7.05 Å². The molecule has 0 unspecified atom stereocenters. The van der Waals surface area contributed by atoms with E-state index in [1.54, 1.807) is 14.0 Å². The second kappa shape index (κ2) is 4.56. The number of aromatic nitrogens is 2. The van der Waals surface area contributed by atoms with E-state index in [1.807, 2.05) is 5.32 Å². The predicted molar refractivity (Wildman–Crippen MR) is 52.3 cm³/mol. The van der Waals surface area contributed by atoms with Gasteiger partial charge in [0.25, 0.3) is 11.8 Å². The quantitative estimate of drug-likeness (QED) is 0.774. The monoisotopic (exact) mass is 233 g/mol. The van der Waals surface area contributed by atoms with Crippen molar-refractivity contribution in [2.45, 2.75) is 12.8 Å². The predicted octanol–water partition coefficient (Wildman–Crippen LogP) is 0.0859. The Kier molecular flexibility index (Phi) is 3.58. The van der Waals surface area contributed by atoms with Gasteiger partial charge in [-0.1, -0.05) is 0 Å². The molecule has 1 aromatic rings. The van der Waals surface area contributed by atoms with Gasteiger partial charge in [-0.3, -0.25) is 9.48 Å². The molecule has 0 saturated carbocycles. The fraction of sp³-hybridized carbons (Fsp3) is 0.556. The van der Waals surface area contributed by atoms with Gasteiger partial charge >= 0.3 is 0 Å². The standard InChI is InChI=1S/C9H13F2N3O2/c1-6-3-7(14(2)13-6)8(16)12-4-9(10,11)5-15/h3,15H,4-5H2,1-2H3,(H,12,16). The van der Waals surface area contributed by atoms with E-state index in [2.05, 4.69) is 5.10 Å². The van der Waals surface area contributed by atoms with Gasteiger partial charge in [0.15, 0.2) is 0 Å². The topological polar surface area (TPSA) is 67.2 Å². The fourth-order valence-electron chi connectivity index (χ4n) is 1.18. The van der Waals surface area contributed by atoms with Gasteiger partial charge in [0.1, 0.15) is 12.3 Å². The summed E-state index contributed by atoms with van der Waals surface area (Å²) in [5, 5.41) is 14.3. The van der Waals surface area contributed by atoms with Gasteiger partial charge in [-0.15, -0.1) is 0 Å². The maximum Gasteiger partial charge on any atom is 0.287 e. The highest BCUT2D eigenvalue weighted by Crippen LogP contribution is 2.10. The minimum absolute atomic E-state index is 0.200. The van der Waals surface area contributed by atoms with Crippen molar-refractivity contribution in [3.05, 3.63) is 17.5 Å². The number of hydrogen-bond acceptors (Lipinski definition) is 3. The molecule has 0 aliphatic rings. The van der Waals surface area contributed by atoms with Crippen LogP contribution in [0.15, 0.2) is 6.07 Å². The number of aryl methyl sites for hydroxylation is 2. The molecule has 0 saturated heterocycles. The van der Waals surface area contributed by atoms with Gasteiger partial charge in [-0.2, -0.15) is 5.10 Å². The van der Waals surface area contributed by atoms with E-state index in [0.717, 1.165) is 0 Å². The summed E-state index contributed by atoms with van der Waals surface area (Å²) >= 11 is 0. The lowest BCUT2D eigenvalue weighted by Gasteiger charge is -2.13. The van der Waals surface area contributed by atoms with E-state index in [1.165, 1.54) is 10.7 Å². The van der Waals surface area contributed by atoms with Gasteiger partial charge in [-0.05, 0) is 13.0 Å². The summed E-state index contributed by atoms with van der Waals surface area (Å²) < 4.78 is 26.6. The average Bonchev–Trinajstić information content (AvgIpc) is 2.54. The molecule has 0 spiro atoms. The fourth-order valence-corrected chi connectivity index (χ4v) is 1.18. The second-order valence-corrected chi connectivity index (χ2v) is 3.49. The van der Waals surface area contributed by atoms with Crippen molar-refractivity contribution in [1.82, 2.24) is 15.1 Å². The number of carbonyl (C=O) groups is 1. The number of hydrogen-bond donors (Lipinski definition) is 2. The molecule has 0 atom stereocenters. The van der Waals surface area contributed by atoms with Crippen molar-refractivity contribution >= 4 is 5.91 Å². The Hall–Kier alpha value is -1.50. The Labute approximate surface area is 91.1 Å². The molecule has 7 heteroatoms. The van der Waals surface area contributed by atoms with Crippen LogP contribution in [0.2, 0.25) is 0 Å². The maximum absolute atomic E-state index is 12.6. The minimum atomic E-state index is -3.30. The third-order valence-corrected chi connectivity index (χ3v) is 1.97. The third-order valence-electron chi connectivity index (χ3n) is 1.97. The lowest BCUT2D eigenvalue weighted by Crippen LogP contribution is -2.39. The molecule has 1 rings (SSSR count). The molecule has 5 nitrogen and oxygen atoms in total. The van der Waals surface area contributed by atoms with Gasteiger partial charge in [0.2, 0.25) is 0 Å². The van der Waals surface area contributed by atoms with E-state index in [9.17, 15) is 13.6 Å². The molecule has 1 aromatic heterocycles.